The van der Waals surface area contributed by atoms with Gasteiger partial charge in [-0.2, -0.15) is 0 Å². The first-order valence-corrected chi connectivity index (χ1v) is 17.1. The van der Waals surface area contributed by atoms with Gasteiger partial charge in [-0.05, 0) is 80.7 Å². The van der Waals surface area contributed by atoms with Crippen LogP contribution in [0, 0.1) is 5.41 Å². The number of aliphatic hydroxyl groups is 1. The third kappa shape index (κ3) is 9.50. The lowest BCUT2D eigenvalue weighted by molar-refractivity contribution is -0.142. The highest BCUT2D eigenvalue weighted by atomic mass is 16.5. The fraction of sp³-hybridized carbons (Fsp3) is 0.528. The van der Waals surface area contributed by atoms with E-state index in [0.29, 0.717) is 76.9 Å². The van der Waals surface area contributed by atoms with Crippen molar-refractivity contribution in [1.82, 2.24) is 25.8 Å². The van der Waals surface area contributed by atoms with Gasteiger partial charge in [0, 0.05) is 32.6 Å². The molecular weight excluding hydrogens is 630 g/mol. The van der Waals surface area contributed by atoms with Gasteiger partial charge < -0.3 is 40.3 Å². The van der Waals surface area contributed by atoms with E-state index >= 15 is 0 Å². The normalized spacial score (nSPS) is 23.6. The Morgan fingerprint density at radius 3 is 2.53 bits per heavy atom. The molecule has 2 saturated heterocycles. The minimum Gasteiger partial charge on any atom is -0.494 e. The maximum Gasteiger partial charge on any atom is 0.258 e. The van der Waals surface area contributed by atoms with Crippen molar-refractivity contribution in [3.63, 3.8) is 0 Å². The van der Waals surface area contributed by atoms with Crippen molar-refractivity contribution >= 4 is 29.5 Å². The third-order valence-corrected chi connectivity index (χ3v) is 9.61. The molecule has 1 spiro atoms. The number of carbonyl (C=O) groups excluding carboxylic acids is 5. The van der Waals surface area contributed by atoms with Crippen molar-refractivity contribution in [2.45, 2.75) is 70.0 Å². The fourth-order valence-electron chi connectivity index (χ4n) is 6.82. The quantitative estimate of drug-likeness (QED) is 0.331. The Hall–Kier alpha value is -4.65. The Labute approximate surface area is 286 Å². The van der Waals surface area contributed by atoms with Gasteiger partial charge in [0.1, 0.15) is 29.6 Å². The SMILES string of the molecule is C[C@@H]1NC(=O)COc2cccc(c2)CC2(CCN(C(=O)CCCOc3ccccc3)CC2)CNC(=O)[C@H](CO)NC(=O)[C@@H]2CCCN2C1=O. The third-order valence-electron chi connectivity index (χ3n) is 9.61. The lowest BCUT2D eigenvalue weighted by atomic mass is 9.73. The molecule has 0 saturated carbocycles. The Kier molecular flexibility index (Phi) is 12.1. The van der Waals surface area contributed by atoms with Crippen LogP contribution in [0.4, 0.5) is 0 Å². The highest BCUT2D eigenvalue weighted by Crippen LogP contribution is 2.36. The number of piperidine rings is 1. The van der Waals surface area contributed by atoms with E-state index in [9.17, 15) is 29.1 Å². The van der Waals surface area contributed by atoms with Crippen LogP contribution in [0.15, 0.2) is 54.6 Å². The number of likely N-dealkylation sites (tertiary alicyclic amines) is 1. The minimum atomic E-state index is -1.21. The molecule has 3 aliphatic rings. The average Bonchev–Trinajstić information content (AvgIpc) is 3.61. The standard InChI is InChI=1S/C36H47N5O8/c1-25-35(47)41-16-6-12-30(41)34(46)39-29(22-42)33(45)37-24-36(21-26-8-5-11-28(20-26)49-23-31(43)38-25)14-17-40(18-15-36)32(44)13-7-19-48-27-9-3-2-4-10-27/h2-5,8-11,20,25,29-30,42H,6-7,12-19,21-24H2,1H3,(H,37,45)(H,38,43)(H,39,46)/t25-,29-,30-/m0/s1. The van der Waals surface area contributed by atoms with E-state index in [-0.39, 0.29) is 19.1 Å². The van der Waals surface area contributed by atoms with Crippen LogP contribution in [0.5, 0.6) is 11.5 Å². The Morgan fingerprint density at radius 1 is 1.00 bits per heavy atom. The Morgan fingerprint density at radius 2 is 1.78 bits per heavy atom. The minimum absolute atomic E-state index is 0.0529. The zero-order valence-corrected chi connectivity index (χ0v) is 28.0. The van der Waals surface area contributed by atoms with Gasteiger partial charge in [-0.1, -0.05) is 30.3 Å². The summed E-state index contributed by atoms with van der Waals surface area (Å²) in [4.78, 5) is 69.0. The van der Waals surface area contributed by atoms with Crippen molar-refractivity contribution in [3.05, 3.63) is 60.2 Å². The number of rotatable bonds is 6. The van der Waals surface area contributed by atoms with Crippen LogP contribution >= 0.6 is 0 Å². The molecule has 2 bridgehead atoms. The molecule has 49 heavy (non-hydrogen) atoms. The fourth-order valence-corrected chi connectivity index (χ4v) is 6.82. The molecule has 2 fully saturated rings. The number of hydrogen-bond acceptors (Lipinski definition) is 8. The van der Waals surface area contributed by atoms with Gasteiger partial charge in [-0.25, -0.2) is 0 Å². The van der Waals surface area contributed by atoms with Crippen LogP contribution in [-0.2, 0) is 30.4 Å². The van der Waals surface area contributed by atoms with Gasteiger partial charge in [0.15, 0.2) is 6.61 Å². The number of aliphatic hydroxyl groups excluding tert-OH is 1. The second kappa shape index (κ2) is 16.6. The van der Waals surface area contributed by atoms with Crippen LogP contribution in [0.25, 0.3) is 0 Å². The largest absolute Gasteiger partial charge is 0.494 e. The smallest absolute Gasteiger partial charge is 0.258 e. The van der Waals surface area contributed by atoms with Crippen LogP contribution in [0.3, 0.4) is 0 Å². The maximum absolute atomic E-state index is 13.4. The van der Waals surface area contributed by atoms with Gasteiger partial charge >= 0.3 is 0 Å². The average molecular weight is 678 g/mol. The molecule has 2 aromatic carbocycles. The molecule has 2 aromatic rings. The number of para-hydroxylation sites is 1. The van der Waals surface area contributed by atoms with Gasteiger partial charge in [-0.3, -0.25) is 24.0 Å². The van der Waals surface area contributed by atoms with E-state index in [1.54, 1.807) is 13.0 Å². The van der Waals surface area contributed by atoms with Crippen molar-refractivity contribution in [2.24, 2.45) is 5.41 Å². The zero-order valence-electron chi connectivity index (χ0n) is 28.0. The summed E-state index contributed by atoms with van der Waals surface area (Å²) in [7, 11) is 0. The van der Waals surface area contributed by atoms with E-state index < -0.39 is 53.8 Å². The van der Waals surface area contributed by atoms with E-state index in [2.05, 4.69) is 16.0 Å². The highest BCUT2D eigenvalue weighted by Gasteiger charge is 2.39. The first kappa shape index (κ1) is 35.7. The van der Waals surface area contributed by atoms with Crippen LogP contribution in [0.1, 0.15) is 51.0 Å². The van der Waals surface area contributed by atoms with Crippen molar-refractivity contribution in [2.75, 3.05) is 46.0 Å². The molecule has 0 aromatic heterocycles. The summed E-state index contributed by atoms with van der Waals surface area (Å²) in [5.74, 6) is -0.640. The lowest BCUT2D eigenvalue weighted by Gasteiger charge is -2.42. The molecule has 13 heteroatoms. The number of ether oxygens (including phenoxy) is 2. The monoisotopic (exact) mass is 677 g/mol. The predicted molar refractivity (Wildman–Crippen MR) is 179 cm³/mol. The topological polar surface area (TPSA) is 167 Å². The molecule has 0 aliphatic carbocycles. The summed E-state index contributed by atoms with van der Waals surface area (Å²) in [6.07, 6.45) is 3.72. The Bertz CT molecular complexity index is 1480. The van der Waals surface area contributed by atoms with E-state index in [0.717, 1.165) is 11.3 Å². The summed E-state index contributed by atoms with van der Waals surface area (Å²) < 4.78 is 11.5. The van der Waals surface area contributed by atoms with Crippen molar-refractivity contribution in [3.8, 4) is 11.5 Å². The van der Waals surface area contributed by atoms with E-state index in [1.165, 1.54) is 4.90 Å². The van der Waals surface area contributed by atoms with Gasteiger partial charge in [0.2, 0.25) is 23.6 Å². The lowest BCUT2D eigenvalue weighted by Crippen LogP contribution is -2.57. The second-order valence-corrected chi connectivity index (χ2v) is 13.2. The molecule has 5 amide bonds. The van der Waals surface area contributed by atoms with Crippen molar-refractivity contribution < 1.29 is 38.6 Å². The maximum atomic E-state index is 13.4. The number of benzene rings is 2. The van der Waals surface area contributed by atoms with Gasteiger partial charge in [0.25, 0.3) is 5.91 Å². The van der Waals surface area contributed by atoms with Gasteiger partial charge in [0.05, 0.1) is 13.2 Å². The highest BCUT2D eigenvalue weighted by molar-refractivity contribution is 5.94. The van der Waals surface area contributed by atoms with Crippen LogP contribution in [-0.4, -0.2) is 109 Å². The molecule has 3 aliphatic heterocycles. The predicted octanol–water partition coefficient (Wildman–Crippen LogP) is 1.18. The molecule has 264 valence electrons. The molecule has 3 heterocycles. The summed E-state index contributed by atoms with van der Waals surface area (Å²) in [6, 6.07) is 13.9. The van der Waals surface area contributed by atoms with E-state index in [1.807, 2.05) is 53.4 Å². The molecular formula is C36H47N5O8. The van der Waals surface area contributed by atoms with Crippen LogP contribution in [0.2, 0.25) is 0 Å². The molecule has 0 radical (unpaired) electrons. The molecule has 13 nitrogen and oxygen atoms in total. The molecule has 3 atom stereocenters. The number of nitrogens with zero attached hydrogens (tertiary/aromatic N) is 2. The summed E-state index contributed by atoms with van der Waals surface area (Å²) in [6.45, 7) is 2.69. The summed E-state index contributed by atoms with van der Waals surface area (Å²) in [5.41, 5.74) is 0.495. The Balaban J connectivity index is 1.28. The second-order valence-electron chi connectivity index (χ2n) is 13.2. The summed E-state index contributed by atoms with van der Waals surface area (Å²) in [5, 5.41) is 18.4. The van der Waals surface area contributed by atoms with Crippen LogP contribution < -0.4 is 25.4 Å². The molecule has 0 unspecified atom stereocenters. The number of carbonyl (C=O) groups is 5. The number of amides is 5. The zero-order chi connectivity index (χ0) is 34.8. The number of hydrogen-bond donors (Lipinski definition) is 4. The van der Waals surface area contributed by atoms with Crippen molar-refractivity contribution in [1.29, 1.82) is 0 Å². The first-order valence-electron chi connectivity index (χ1n) is 17.1. The van der Waals surface area contributed by atoms with Gasteiger partial charge in [-0.15, -0.1) is 0 Å². The number of fused-ring (bicyclic) bond motifs is 3. The molecule has 4 N–H and O–H groups in total. The number of nitrogens with one attached hydrogen (secondary N) is 3. The summed E-state index contributed by atoms with van der Waals surface area (Å²) >= 11 is 0. The van der Waals surface area contributed by atoms with E-state index in [4.69, 9.17) is 9.47 Å². The first-order chi connectivity index (χ1) is 23.7. The molecule has 5 rings (SSSR count).